The zero-order valence-electron chi connectivity index (χ0n) is 12.8. The summed E-state index contributed by atoms with van der Waals surface area (Å²) in [6, 6.07) is 1.70. The highest BCUT2D eigenvalue weighted by Crippen LogP contribution is 2.33. The number of carbonyl (C=O) groups excluding carboxylic acids is 2. The molecule has 0 bridgehead atoms. The molecule has 2 rings (SSSR count). The highest BCUT2D eigenvalue weighted by atomic mass is 35.5. The van der Waals surface area contributed by atoms with E-state index >= 15 is 0 Å². The lowest BCUT2D eigenvalue weighted by Crippen LogP contribution is -2.16. The van der Waals surface area contributed by atoms with E-state index in [0.29, 0.717) is 10.6 Å². The number of thiophene rings is 1. The molecular weight excluding hydrogens is 395 g/mol. The Balaban J connectivity index is 2.34. The van der Waals surface area contributed by atoms with Crippen LogP contribution in [0.5, 0.6) is 0 Å². The summed E-state index contributed by atoms with van der Waals surface area (Å²) in [6.45, 7) is 3.90. The number of carbonyl (C=O) groups is 2. The van der Waals surface area contributed by atoms with E-state index in [4.69, 9.17) is 39.5 Å². The van der Waals surface area contributed by atoms with Gasteiger partial charge in [0.05, 0.1) is 27.2 Å². The number of hydrogen-bond donors (Lipinski definition) is 1. The fraction of sp³-hybridized carbons (Fsp3) is 0.267. The highest BCUT2D eigenvalue weighted by molar-refractivity contribution is 7.16. The SMILES string of the molecule is CCOC(=O)c1cc(CC)sc1NC(=O)c1ncc(Cl)c(Cl)c1Cl. The molecule has 0 unspecified atom stereocenters. The van der Waals surface area contributed by atoms with Gasteiger partial charge in [-0.25, -0.2) is 9.78 Å². The van der Waals surface area contributed by atoms with Crippen LogP contribution < -0.4 is 5.32 Å². The summed E-state index contributed by atoms with van der Waals surface area (Å²) >= 11 is 19.0. The molecular formula is C15H13Cl3N2O3S. The molecule has 128 valence electrons. The average Bonchev–Trinajstić information content (AvgIpc) is 2.96. The maximum atomic E-state index is 12.4. The number of rotatable bonds is 5. The third-order valence-corrected chi connectivity index (χ3v) is 5.42. The summed E-state index contributed by atoms with van der Waals surface area (Å²) in [5.41, 5.74) is 0.218. The fourth-order valence-corrected chi connectivity index (χ4v) is 3.38. The largest absolute Gasteiger partial charge is 0.462 e. The Morgan fingerprint density at radius 3 is 2.58 bits per heavy atom. The predicted molar refractivity (Wildman–Crippen MR) is 96.9 cm³/mol. The molecule has 24 heavy (non-hydrogen) atoms. The topological polar surface area (TPSA) is 68.3 Å². The molecule has 0 saturated heterocycles. The van der Waals surface area contributed by atoms with Crippen molar-refractivity contribution in [2.45, 2.75) is 20.3 Å². The molecule has 0 saturated carbocycles. The van der Waals surface area contributed by atoms with Gasteiger partial charge in [-0.1, -0.05) is 41.7 Å². The monoisotopic (exact) mass is 406 g/mol. The second-order valence-corrected chi connectivity index (χ2v) is 6.87. The van der Waals surface area contributed by atoms with E-state index in [2.05, 4.69) is 10.3 Å². The Morgan fingerprint density at radius 2 is 1.96 bits per heavy atom. The molecule has 0 aliphatic carbocycles. The molecule has 2 aromatic rings. The maximum absolute atomic E-state index is 12.4. The van der Waals surface area contributed by atoms with Crippen molar-refractivity contribution in [3.63, 3.8) is 0 Å². The molecule has 0 aliphatic rings. The van der Waals surface area contributed by atoms with Crippen LogP contribution in [-0.4, -0.2) is 23.5 Å². The van der Waals surface area contributed by atoms with Crippen molar-refractivity contribution in [3.05, 3.63) is 43.5 Å². The first-order valence-electron chi connectivity index (χ1n) is 6.99. The fourth-order valence-electron chi connectivity index (χ4n) is 1.83. The van der Waals surface area contributed by atoms with Crippen molar-refractivity contribution in [3.8, 4) is 0 Å². The Morgan fingerprint density at radius 1 is 1.25 bits per heavy atom. The van der Waals surface area contributed by atoms with Gasteiger partial charge in [-0.15, -0.1) is 11.3 Å². The number of nitrogens with zero attached hydrogens (tertiary/aromatic N) is 1. The number of ether oxygens (including phenoxy) is 1. The molecule has 0 fully saturated rings. The number of pyridine rings is 1. The number of esters is 1. The standard InChI is InChI=1S/C15H13Cl3N2O3S/c1-3-7-5-8(15(22)23-4-2)14(24-7)20-13(21)12-11(18)10(17)9(16)6-19-12/h5-6H,3-4H2,1-2H3,(H,20,21). The van der Waals surface area contributed by atoms with Gasteiger partial charge in [-0.3, -0.25) is 4.79 Å². The smallest absolute Gasteiger partial charge is 0.341 e. The van der Waals surface area contributed by atoms with E-state index in [1.807, 2.05) is 6.92 Å². The van der Waals surface area contributed by atoms with Gasteiger partial charge < -0.3 is 10.1 Å². The summed E-state index contributed by atoms with van der Waals surface area (Å²) in [5, 5.41) is 3.16. The van der Waals surface area contributed by atoms with Crippen molar-refractivity contribution in [2.24, 2.45) is 0 Å². The first-order valence-corrected chi connectivity index (χ1v) is 8.94. The van der Waals surface area contributed by atoms with Crippen molar-refractivity contribution < 1.29 is 14.3 Å². The number of aromatic nitrogens is 1. The van der Waals surface area contributed by atoms with Gasteiger partial charge in [0, 0.05) is 11.1 Å². The summed E-state index contributed by atoms with van der Waals surface area (Å²) in [5.74, 6) is -1.09. The summed E-state index contributed by atoms with van der Waals surface area (Å²) < 4.78 is 5.01. The second-order valence-electron chi connectivity index (χ2n) is 4.57. The van der Waals surface area contributed by atoms with Crippen LogP contribution in [0.1, 0.15) is 39.6 Å². The van der Waals surface area contributed by atoms with Crippen LogP contribution >= 0.6 is 46.1 Å². The van der Waals surface area contributed by atoms with Crippen molar-refractivity contribution in [1.29, 1.82) is 0 Å². The first-order chi connectivity index (χ1) is 11.4. The Kier molecular flexibility index (Phi) is 6.46. The average molecular weight is 408 g/mol. The van der Waals surface area contributed by atoms with E-state index in [1.165, 1.54) is 17.5 Å². The van der Waals surface area contributed by atoms with Crippen LogP contribution in [0.15, 0.2) is 12.3 Å². The van der Waals surface area contributed by atoms with Crippen molar-refractivity contribution in [2.75, 3.05) is 11.9 Å². The third-order valence-electron chi connectivity index (χ3n) is 2.99. The summed E-state index contributed by atoms with van der Waals surface area (Å²) in [4.78, 5) is 29.3. The van der Waals surface area contributed by atoms with Crippen LogP contribution in [0.2, 0.25) is 15.1 Å². The molecule has 1 N–H and O–H groups in total. The number of halogens is 3. The van der Waals surface area contributed by atoms with Crippen molar-refractivity contribution in [1.82, 2.24) is 4.98 Å². The van der Waals surface area contributed by atoms with E-state index in [0.717, 1.165) is 11.3 Å². The lowest BCUT2D eigenvalue weighted by atomic mass is 10.2. The number of nitrogens with one attached hydrogen (secondary N) is 1. The van der Waals surface area contributed by atoms with Crippen LogP contribution in [0, 0.1) is 0 Å². The summed E-state index contributed by atoms with van der Waals surface area (Å²) in [7, 11) is 0. The molecule has 0 radical (unpaired) electrons. The van der Waals surface area contributed by atoms with Gasteiger partial charge in [0.2, 0.25) is 0 Å². The summed E-state index contributed by atoms with van der Waals surface area (Å²) in [6.07, 6.45) is 1.96. The first kappa shape index (κ1) is 19.0. The molecule has 2 aromatic heterocycles. The minimum absolute atomic E-state index is 0.0459. The molecule has 0 aromatic carbocycles. The van der Waals surface area contributed by atoms with Crippen LogP contribution in [0.25, 0.3) is 0 Å². The number of aryl methyl sites for hydroxylation is 1. The van der Waals surface area contributed by atoms with Crippen LogP contribution in [-0.2, 0) is 11.2 Å². The van der Waals surface area contributed by atoms with E-state index < -0.39 is 11.9 Å². The van der Waals surface area contributed by atoms with Gasteiger partial charge in [0.1, 0.15) is 10.7 Å². The zero-order valence-corrected chi connectivity index (χ0v) is 15.9. The zero-order chi connectivity index (χ0) is 17.9. The number of anilines is 1. The Labute approximate surface area is 157 Å². The van der Waals surface area contributed by atoms with E-state index in [1.54, 1.807) is 13.0 Å². The highest BCUT2D eigenvalue weighted by Gasteiger charge is 2.22. The Hall–Kier alpha value is -1.34. The van der Waals surface area contributed by atoms with Gasteiger partial charge in [0.25, 0.3) is 5.91 Å². The molecule has 1 amide bonds. The third kappa shape index (κ3) is 4.00. The molecule has 0 atom stereocenters. The van der Waals surface area contributed by atoms with Gasteiger partial charge >= 0.3 is 5.97 Å². The number of amides is 1. The molecule has 2 heterocycles. The minimum atomic E-state index is -0.589. The van der Waals surface area contributed by atoms with Crippen molar-refractivity contribution >= 4 is 63.0 Å². The Bertz CT molecular complexity index is 793. The molecule has 5 nitrogen and oxygen atoms in total. The van der Waals surface area contributed by atoms with Gasteiger partial charge in [-0.05, 0) is 19.4 Å². The molecule has 0 aliphatic heterocycles. The molecule has 0 spiro atoms. The van der Waals surface area contributed by atoms with Gasteiger partial charge in [-0.2, -0.15) is 0 Å². The molecule has 9 heteroatoms. The normalized spacial score (nSPS) is 10.5. The lowest BCUT2D eigenvalue weighted by molar-refractivity contribution is 0.0528. The minimum Gasteiger partial charge on any atom is -0.462 e. The van der Waals surface area contributed by atoms with Crippen LogP contribution in [0.3, 0.4) is 0 Å². The van der Waals surface area contributed by atoms with E-state index in [-0.39, 0.29) is 27.4 Å². The number of hydrogen-bond acceptors (Lipinski definition) is 5. The second kappa shape index (κ2) is 8.16. The van der Waals surface area contributed by atoms with Crippen LogP contribution in [0.4, 0.5) is 5.00 Å². The maximum Gasteiger partial charge on any atom is 0.341 e. The van der Waals surface area contributed by atoms with Gasteiger partial charge in [0.15, 0.2) is 0 Å². The quantitative estimate of drug-likeness (QED) is 0.701. The van der Waals surface area contributed by atoms with E-state index in [9.17, 15) is 9.59 Å². The predicted octanol–water partition coefficient (Wildman–Crippen LogP) is 5.09. The lowest BCUT2D eigenvalue weighted by Gasteiger charge is -2.08.